The molecule has 2 aromatic rings. The van der Waals surface area contributed by atoms with Gasteiger partial charge in [0.05, 0.1) is 19.2 Å². The Morgan fingerprint density at radius 2 is 2.04 bits per heavy atom. The quantitative estimate of drug-likeness (QED) is 0.786. The van der Waals surface area contributed by atoms with Crippen LogP contribution < -0.4 is 14.5 Å². The number of ether oxygens (including phenoxy) is 1. The summed E-state index contributed by atoms with van der Waals surface area (Å²) in [6, 6.07) is 1.71. The van der Waals surface area contributed by atoms with E-state index in [-0.39, 0.29) is 18.4 Å². The SMILES string of the molecule is COc1ccnc(N2CCc3c(sc4c3C(=O)N(C)CC(=O)N4C)C2)n1. The molecule has 9 heteroatoms. The van der Waals surface area contributed by atoms with Crippen molar-refractivity contribution in [3.63, 3.8) is 0 Å². The van der Waals surface area contributed by atoms with Crippen LogP contribution in [0.2, 0.25) is 0 Å². The fourth-order valence-electron chi connectivity index (χ4n) is 3.30. The van der Waals surface area contributed by atoms with Crippen molar-refractivity contribution >= 4 is 34.1 Å². The number of hydrogen-bond acceptors (Lipinski definition) is 7. The summed E-state index contributed by atoms with van der Waals surface area (Å²) in [6.45, 7) is 1.42. The molecule has 136 valence electrons. The topological polar surface area (TPSA) is 78.9 Å². The molecule has 8 nitrogen and oxygen atoms in total. The first-order valence-electron chi connectivity index (χ1n) is 8.28. The smallest absolute Gasteiger partial charge is 0.257 e. The molecule has 0 fully saturated rings. The Kier molecular flexibility index (Phi) is 4.03. The van der Waals surface area contributed by atoms with Crippen LogP contribution in [0.15, 0.2) is 12.3 Å². The van der Waals surface area contributed by atoms with E-state index in [1.54, 1.807) is 38.4 Å². The van der Waals surface area contributed by atoms with Crippen LogP contribution in [-0.4, -0.2) is 61.0 Å². The van der Waals surface area contributed by atoms with Crippen molar-refractivity contribution in [3.05, 3.63) is 28.3 Å². The predicted molar refractivity (Wildman–Crippen MR) is 98.0 cm³/mol. The number of aromatic nitrogens is 2. The zero-order valence-electron chi connectivity index (χ0n) is 14.9. The molecule has 4 heterocycles. The molecule has 0 saturated carbocycles. The van der Waals surface area contributed by atoms with Crippen molar-refractivity contribution in [1.29, 1.82) is 0 Å². The van der Waals surface area contributed by atoms with Crippen molar-refractivity contribution in [2.75, 3.05) is 44.1 Å². The molecule has 0 aromatic carbocycles. The summed E-state index contributed by atoms with van der Waals surface area (Å²) in [5, 5.41) is 0.739. The van der Waals surface area contributed by atoms with E-state index in [2.05, 4.69) is 14.9 Å². The highest BCUT2D eigenvalue weighted by Gasteiger charge is 2.35. The van der Waals surface area contributed by atoms with Crippen LogP contribution in [0.25, 0.3) is 0 Å². The van der Waals surface area contributed by atoms with Gasteiger partial charge in [-0.15, -0.1) is 11.3 Å². The summed E-state index contributed by atoms with van der Waals surface area (Å²) in [6.07, 6.45) is 2.38. The van der Waals surface area contributed by atoms with E-state index in [9.17, 15) is 9.59 Å². The van der Waals surface area contributed by atoms with Crippen LogP contribution >= 0.6 is 11.3 Å². The number of nitrogens with zero attached hydrogens (tertiary/aromatic N) is 5. The van der Waals surface area contributed by atoms with Crippen molar-refractivity contribution in [2.24, 2.45) is 0 Å². The Morgan fingerprint density at radius 1 is 1.23 bits per heavy atom. The summed E-state index contributed by atoms with van der Waals surface area (Å²) >= 11 is 1.51. The second kappa shape index (κ2) is 6.24. The molecule has 2 aliphatic rings. The average molecular weight is 373 g/mol. The van der Waals surface area contributed by atoms with Gasteiger partial charge in [0.25, 0.3) is 5.91 Å². The average Bonchev–Trinajstić information content (AvgIpc) is 3.01. The molecular weight excluding hydrogens is 354 g/mol. The Morgan fingerprint density at radius 3 is 2.81 bits per heavy atom. The van der Waals surface area contributed by atoms with Crippen molar-refractivity contribution in [3.8, 4) is 5.88 Å². The van der Waals surface area contributed by atoms with Gasteiger partial charge >= 0.3 is 0 Å². The lowest BCUT2D eigenvalue weighted by molar-refractivity contribution is -0.118. The molecule has 0 N–H and O–H groups in total. The Balaban J connectivity index is 1.71. The van der Waals surface area contributed by atoms with E-state index < -0.39 is 0 Å². The minimum atomic E-state index is -0.0821. The van der Waals surface area contributed by atoms with Gasteiger partial charge in [-0.05, 0) is 12.0 Å². The highest BCUT2D eigenvalue weighted by atomic mass is 32.1. The summed E-state index contributed by atoms with van der Waals surface area (Å²) in [5.41, 5.74) is 1.72. The summed E-state index contributed by atoms with van der Waals surface area (Å²) in [7, 11) is 4.98. The molecule has 0 saturated heterocycles. The first kappa shape index (κ1) is 16.8. The molecule has 0 aliphatic carbocycles. The highest BCUT2D eigenvalue weighted by Crippen LogP contribution is 2.41. The van der Waals surface area contributed by atoms with E-state index in [0.29, 0.717) is 36.9 Å². The molecule has 0 spiro atoms. The van der Waals surface area contributed by atoms with Crippen LogP contribution in [0.5, 0.6) is 5.88 Å². The summed E-state index contributed by atoms with van der Waals surface area (Å²) in [5.74, 6) is 0.962. The molecule has 2 aliphatic heterocycles. The number of rotatable bonds is 2. The molecule has 0 bridgehead atoms. The molecule has 4 rings (SSSR count). The second-order valence-electron chi connectivity index (χ2n) is 6.37. The zero-order valence-corrected chi connectivity index (χ0v) is 15.7. The van der Waals surface area contributed by atoms with Gasteiger partial charge < -0.3 is 19.4 Å². The van der Waals surface area contributed by atoms with Gasteiger partial charge in [0.15, 0.2) is 0 Å². The number of carbonyl (C=O) groups is 2. The molecule has 0 unspecified atom stereocenters. The number of amides is 2. The maximum absolute atomic E-state index is 12.8. The third-order valence-corrected chi connectivity index (χ3v) is 6.05. The van der Waals surface area contributed by atoms with E-state index in [1.807, 2.05) is 0 Å². The lowest BCUT2D eigenvalue weighted by Gasteiger charge is -2.27. The molecule has 26 heavy (non-hydrogen) atoms. The van der Waals surface area contributed by atoms with Crippen LogP contribution in [0.3, 0.4) is 0 Å². The molecule has 0 atom stereocenters. The number of likely N-dealkylation sites (N-methyl/N-ethyl adjacent to an activating group) is 2. The first-order valence-corrected chi connectivity index (χ1v) is 9.09. The third kappa shape index (κ3) is 2.59. The number of anilines is 2. The van der Waals surface area contributed by atoms with Gasteiger partial charge in [0, 0.05) is 37.8 Å². The first-order chi connectivity index (χ1) is 12.5. The van der Waals surface area contributed by atoms with Crippen molar-refractivity contribution in [1.82, 2.24) is 14.9 Å². The predicted octanol–water partition coefficient (Wildman–Crippen LogP) is 1.16. The standard InChI is InChI=1S/C17H19N5O3S/c1-20-9-13(23)21(2)16-14(15(20)24)10-5-7-22(8-11(10)26-16)17-18-6-4-12(19-17)25-3/h4,6H,5,7-9H2,1-3H3. The zero-order chi connectivity index (χ0) is 18.4. The van der Waals surface area contributed by atoms with E-state index >= 15 is 0 Å². The molecule has 2 aromatic heterocycles. The summed E-state index contributed by atoms with van der Waals surface area (Å²) in [4.78, 5) is 40.1. The van der Waals surface area contributed by atoms with Gasteiger partial charge in [-0.3, -0.25) is 9.59 Å². The normalized spacial score (nSPS) is 17.1. The number of methoxy groups -OCH3 is 1. The van der Waals surface area contributed by atoms with Gasteiger partial charge in [0.2, 0.25) is 17.7 Å². The maximum Gasteiger partial charge on any atom is 0.257 e. The number of thiophene rings is 1. The number of carbonyl (C=O) groups excluding carboxylic acids is 2. The lowest BCUT2D eigenvalue weighted by atomic mass is 10.0. The minimum Gasteiger partial charge on any atom is -0.481 e. The van der Waals surface area contributed by atoms with Crippen molar-refractivity contribution in [2.45, 2.75) is 13.0 Å². The van der Waals surface area contributed by atoms with E-state index in [1.165, 1.54) is 16.2 Å². The fourth-order valence-corrected chi connectivity index (χ4v) is 4.63. The largest absolute Gasteiger partial charge is 0.481 e. The molecular formula is C17H19N5O3S. The van der Waals surface area contributed by atoms with Crippen LogP contribution in [0.4, 0.5) is 10.9 Å². The van der Waals surface area contributed by atoms with Gasteiger partial charge in [0.1, 0.15) is 11.5 Å². The van der Waals surface area contributed by atoms with Crippen LogP contribution in [0, 0.1) is 0 Å². The summed E-state index contributed by atoms with van der Waals surface area (Å²) < 4.78 is 5.18. The van der Waals surface area contributed by atoms with Crippen LogP contribution in [0.1, 0.15) is 20.8 Å². The van der Waals surface area contributed by atoms with Gasteiger partial charge in [-0.2, -0.15) is 4.98 Å². The Labute approximate surface area is 155 Å². The van der Waals surface area contributed by atoms with Gasteiger partial charge in [-0.1, -0.05) is 0 Å². The minimum absolute atomic E-state index is 0.0776. The van der Waals surface area contributed by atoms with E-state index in [0.717, 1.165) is 15.4 Å². The molecule has 2 amide bonds. The van der Waals surface area contributed by atoms with E-state index in [4.69, 9.17) is 4.74 Å². The second-order valence-corrected chi connectivity index (χ2v) is 7.45. The monoisotopic (exact) mass is 373 g/mol. The number of hydrogen-bond donors (Lipinski definition) is 0. The number of fused-ring (bicyclic) bond motifs is 3. The van der Waals surface area contributed by atoms with Crippen molar-refractivity contribution < 1.29 is 14.3 Å². The Hall–Kier alpha value is -2.68. The Bertz CT molecular complexity index is 897. The van der Waals surface area contributed by atoms with Crippen LogP contribution in [-0.2, 0) is 17.8 Å². The molecule has 0 radical (unpaired) electrons. The third-order valence-electron chi connectivity index (χ3n) is 4.76. The fraction of sp³-hybridized carbons (Fsp3) is 0.412. The highest BCUT2D eigenvalue weighted by molar-refractivity contribution is 7.17. The van der Waals surface area contributed by atoms with Gasteiger partial charge in [-0.25, -0.2) is 4.98 Å². The lowest BCUT2D eigenvalue weighted by Crippen LogP contribution is -2.36. The maximum atomic E-state index is 12.8.